The number of ether oxygens (including phenoxy) is 1. The van der Waals surface area contributed by atoms with Crippen LogP contribution in [0.2, 0.25) is 0 Å². The summed E-state index contributed by atoms with van der Waals surface area (Å²) < 4.78 is 33.1. The van der Waals surface area contributed by atoms with Gasteiger partial charge in [-0.3, -0.25) is 9.52 Å². The quantitative estimate of drug-likeness (QED) is 0.664. The van der Waals surface area contributed by atoms with Crippen LogP contribution in [-0.4, -0.2) is 31.8 Å². The second-order valence-electron chi connectivity index (χ2n) is 4.90. The molecule has 0 aliphatic heterocycles. The van der Waals surface area contributed by atoms with Crippen molar-refractivity contribution in [1.82, 2.24) is 4.57 Å². The Morgan fingerprint density at radius 1 is 1.17 bits per heavy atom. The molecule has 0 saturated heterocycles. The van der Waals surface area contributed by atoms with Gasteiger partial charge in [-0.2, -0.15) is 0 Å². The fourth-order valence-corrected chi connectivity index (χ4v) is 3.10. The van der Waals surface area contributed by atoms with Crippen LogP contribution in [0.15, 0.2) is 41.4 Å². The number of hydrogen-bond donors (Lipinski definition) is 1. The van der Waals surface area contributed by atoms with E-state index in [0.717, 1.165) is 0 Å². The standard InChI is InChI=1S/C15H16N2O5S/c1-10(18)11-4-6-12(7-5-11)16-23(20,21)13-8-14(15(19)22-3)17(2)9-13/h4-9,16H,1-3H3. The topological polar surface area (TPSA) is 94.5 Å². The van der Waals surface area contributed by atoms with Crippen LogP contribution in [0, 0.1) is 0 Å². The zero-order valence-electron chi connectivity index (χ0n) is 12.9. The molecule has 8 heteroatoms. The number of carbonyl (C=O) groups is 2. The molecule has 0 aliphatic carbocycles. The Labute approximate surface area is 133 Å². The number of aromatic nitrogens is 1. The largest absolute Gasteiger partial charge is 0.464 e. The van der Waals surface area contributed by atoms with Gasteiger partial charge in [0.05, 0.1) is 7.11 Å². The lowest BCUT2D eigenvalue weighted by Gasteiger charge is -2.06. The Hall–Kier alpha value is -2.61. The van der Waals surface area contributed by atoms with Crippen LogP contribution >= 0.6 is 0 Å². The number of aryl methyl sites for hydroxylation is 1. The number of sulfonamides is 1. The number of ketones is 1. The number of hydrogen-bond acceptors (Lipinski definition) is 5. The second kappa shape index (κ2) is 6.25. The van der Waals surface area contributed by atoms with E-state index in [2.05, 4.69) is 9.46 Å². The van der Waals surface area contributed by atoms with Crippen LogP contribution in [0.3, 0.4) is 0 Å². The van der Waals surface area contributed by atoms with Gasteiger partial charge in [0.15, 0.2) is 5.78 Å². The highest BCUT2D eigenvalue weighted by Gasteiger charge is 2.21. The molecule has 0 atom stereocenters. The Morgan fingerprint density at radius 3 is 2.30 bits per heavy atom. The summed E-state index contributed by atoms with van der Waals surface area (Å²) >= 11 is 0. The summed E-state index contributed by atoms with van der Waals surface area (Å²) in [6.45, 7) is 1.43. The van der Waals surface area contributed by atoms with Crippen molar-refractivity contribution < 1.29 is 22.7 Å². The Morgan fingerprint density at radius 2 is 1.78 bits per heavy atom. The monoisotopic (exact) mass is 336 g/mol. The first-order valence-corrected chi connectivity index (χ1v) is 8.11. The number of rotatable bonds is 5. The Bertz CT molecular complexity index is 850. The van der Waals surface area contributed by atoms with Crippen molar-refractivity contribution in [1.29, 1.82) is 0 Å². The summed E-state index contributed by atoms with van der Waals surface area (Å²) in [5.74, 6) is -0.732. The van der Waals surface area contributed by atoms with Crippen molar-refractivity contribution in [3.05, 3.63) is 47.8 Å². The zero-order chi connectivity index (χ0) is 17.2. The van der Waals surface area contributed by atoms with Crippen LogP contribution in [0.4, 0.5) is 5.69 Å². The first kappa shape index (κ1) is 16.8. The Kier molecular flexibility index (Phi) is 4.55. The normalized spacial score (nSPS) is 11.1. The minimum Gasteiger partial charge on any atom is -0.464 e. The zero-order valence-corrected chi connectivity index (χ0v) is 13.7. The van der Waals surface area contributed by atoms with E-state index in [1.807, 2.05) is 0 Å². The molecular weight excluding hydrogens is 320 g/mol. The van der Waals surface area contributed by atoms with E-state index in [4.69, 9.17) is 0 Å². The minimum atomic E-state index is -3.85. The molecule has 122 valence electrons. The lowest BCUT2D eigenvalue weighted by Crippen LogP contribution is -2.12. The van der Waals surface area contributed by atoms with Gasteiger partial charge in [-0.25, -0.2) is 13.2 Å². The number of methoxy groups -OCH3 is 1. The van der Waals surface area contributed by atoms with Gasteiger partial charge in [-0.05, 0) is 37.3 Å². The lowest BCUT2D eigenvalue weighted by molar-refractivity contribution is 0.0589. The van der Waals surface area contributed by atoms with Gasteiger partial charge < -0.3 is 9.30 Å². The van der Waals surface area contributed by atoms with E-state index in [9.17, 15) is 18.0 Å². The van der Waals surface area contributed by atoms with E-state index in [0.29, 0.717) is 11.3 Å². The molecule has 1 aromatic carbocycles. The van der Waals surface area contributed by atoms with Crippen molar-refractivity contribution in [2.45, 2.75) is 11.8 Å². The molecule has 0 radical (unpaired) electrons. The van der Waals surface area contributed by atoms with E-state index in [-0.39, 0.29) is 16.4 Å². The van der Waals surface area contributed by atoms with Gasteiger partial charge in [0.1, 0.15) is 10.6 Å². The van der Waals surface area contributed by atoms with E-state index in [1.165, 1.54) is 55.1 Å². The van der Waals surface area contributed by atoms with Gasteiger partial charge in [-0.1, -0.05) is 0 Å². The van der Waals surface area contributed by atoms with Gasteiger partial charge in [0.2, 0.25) is 0 Å². The van der Waals surface area contributed by atoms with Gasteiger partial charge >= 0.3 is 5.97 Å². The third kappa shape index (κ3) is 3.59. The summed E-state index contributed by atoms with van der Waals surface area (Å²) in [6.07, 6.45) is 1.32. The molecule has 2 rings (SSSR count). The highest BCUT2D eigenvalue weighted by atomic mass is 32.2. The molecule has 1 heterocycles. The minimum absolute atomic E-state index is 0.0592. The molecule has 0 fully saturated rings. The number of carbonyl (C=O) groups excluding carboxylic acids is 2. The fourth-order valence-electron chi connectivity index (χ4n) is 1.98. The smallest absolute Gasteiger partial charge is 0.354 e. The van der Waals surface area contributed by atoms with E-state index < -0.39 is 16.0 Å². The molecule has 0 bridgehead atoms. The number of Topliss-reactive ketones (excluding diaryl/α,β-unsaturated/α-hetero) is 1. The molecule has 7 nitrogen and oxygen atoms in total. The van der Waals surface area contributed by atoms with Crippen LogP contribution in [-0.2, 0) is 21.8 Å². The van der Waals surface area contributed by atoms with Crippen molar-refractivity contribution >= 4 is 27.5 Å². The van der Waals surface area contributed by atoms with E-state index >= 15 is 0 Å². The summed E-state index contributed by atoms with van der Waals surface area (Å²) in [5, 5.41) is 0. The summed E-state index contributed by atoms with van der Waals surface area (Å²) in [6, 6.07) is 7.30. The van der Waals surface area contributed by atoms with Crippen molar-refractivity contribution in [3.63, 3.8) is 0 Å². The third-order valence-corrected chi connectivity index (χ3v) is 4.58. The molecule has 0 saturated carbocycles. The number of nitrogens with one attached hydrogen (secondary N) is 1. The van der Waals surface area contributed by atoms with Gasteiger partial charge in [0, 0.05) is 24.5 Å². The SMILES string of the molecule is COC(=O)c1cc(S(=O)(=O)Nc2ccc(C(C)=O)cc2)cn1C. The predicted octanol–water partition coefficient (Wildman–Crippen LogP) is 1.82. The predicted molar refractivity (Wildman–Crippen MR) is 84.0 cm³/mol. The molecule has 0 unspecified atom stereocenters. The number of anilines is 1. The summed E-state index contributed by atoms with van der Waals surface area (Å²) in [7, 11) is -1.08. The van der Waals surface area contributed by atoms with Crippen LogP contribution in [0.5, 0.6) is 0 Å². The Balaban J connectivity index is 2.28. The average molecular weight is 336 g/mol. The first-order chi connectivity index (χ1) is 10.7. The third-order valence-electron chi connectivity index (χ3n) is 3.23. The van der Waals surface area contributed by atoms with Gasteiger partial charge in [0.25, 0.3) is 10.0 Å². The van der Waals surface area contributed by atoms with Crippen molar-refractivity contribution in [2.24, 2.45) is 7.05 Å². The van der Waals surface area contributed by atoms with Crippen LogP contribution in [0.25, 0.3) is 0 Å². The highest BCUT2D eigenvalue weighted by Crippen LogP contribution is 2.19. The molecule has 1 N–H and O–H groups in total. The van der Waals surface area contributed by atoms with E-state index in [1.54, 1.807) is 7.05 Å². The molecular formula is C15H16N2O5S. The average Bonchev–Trinajstić information content (AvgIpc) is 2.89. The first-order valence-electron chi connectivity index (χ1n) is 6.63. The van der Waals surface area contributed by atoms with Gasteiger partial charge in [-0.15, -0.1) is 0 Å². The maximum atomic E-state index is 12.4. The van der Waals surface area contributed by atoms with Crippen LogP contribution in [0.1, 0.15) is 27.8 Å². The second-order valence-corrected chi connectivity index (χ2v) is 6.58. The molecule has 23 heavy (non-hydrogen) atoms. The maximum absolute atomic E-state index is 12.4. The fraction of sp³-hybridized carbons (Fsp3) is 0.200. The number of benzene rings is 1. The van der Waals surface area contributed by atoms with Crippen molar-refractivity contribution in [3.8, 4) is 0 Å². The molecule has 0 spiro atoms. The maximum Gasteiger partial charge on any atom is 0.354 e. The van der Waals surface area contributed by atoms with Crippen molar-refractivity contribution in [2.75, 3.05) is 11.8 Å². The molecule has 0 amide bonds. The lowest BCUT2D eigenvalue weighted by atomic mass is 10.1. The highest BCUT2D eigenvalue weighted by molar-refractivity contribution is 7.92. The summed E-state index contributed by atoms with van der Waals surface area (Å²) in [4.78, 5) is 22.7. The summed E-state index contributed by atoms with van der Waals surface area (Å²) in [5.41, 5.74) is 0.930. The molecule has 2 aromatic rings. The number of esters is 1. The molecule has 1 aromatic heterocycles. The van der Waals surface area contributed by atoms with Crippen LogP contribution < -0.4 is 4.72 Å². The molecule has 0 aliphatic rings. The number of nitrogens with zero attached hydrogens (tertiary/aromatic N) is 1.